The number of rotatable bonds is 2. The topological polar surface area (TPSA) is 38.0 Å². The van der Waals surface area contributed by atoms with Gasteiger partial charge in [-0.2, -0.15) is 0 Å². The summed E-state index contributed by atoms with van der Waals surface area (Å²) in [7, 11) is 0. The highest BCUT2D eigenvalue weighted by Crippen LogP contribution is 2.35. The summed E-state index contributed by atoms with van der Waals surface area (Å²) in [4.78, 5) is 0. The highest BCUT2D eigenvalue weighted by molar-refractivity contribution is 14.1. The second-order valence-corrected chi connectivity index (χ2v) is 6.07. The van der Waals surface area contributed by atoms with Crippen molar-refractivity contribution in [3.8, 4) is 0 Å². The van der Waals surface area contributed by atoms with E-state index < -0.39 is 0 Å². The van der Waals surface area contributed by atoms with Crippen molar-refractivity contribution in [1.82, 2.24) is 0 Å². The Hall–Kier alpha value is -0.360. The van der Waals surface area contributed by atoms with Gasteiger partial charge in [-0.3, -0.25) is 0 Å². The largest absolute Gasteiger partial charge is 0.397 e. The minimum Gasteiger partial charge on any atom is -0.397 e. The number of halogens is 4. The van der Waals surface area contributed by atoms with Crippen LogP contribution in [0.4, 0.5) is 17.1 Å². The molecule has 0 spiro atoms. The molecule has 0 aliphatic rings. The number of hydrogen-bond acceptors (Lipinski definition) is 2. The summed E-state index contributed by atoms with van der Waals surface area (Å²) in [5.41, 5.74) is 8.00. The van der Waals surface area contributed by atoms with Gasteiger partial charge in [-0.1, -0.05) is 34.8 Å². The summed E-state index contributed by atoms with van der Waals surface area (Å²) in [6.45, 7) is 0. The summed E-state index contributed by atoms with van der Waals surface area (Å²) in [6, 6.07) is 8.97. The SMILES string of the molecule is Nc1cc(I)ccc1Nc1cc(Cl)c(Cl)cc1Cl. The molecule has 3 N–H and O–H groups in total. The second-order valence-electron chi connectivity index (χ2n) is 3.60. The molecule has 0 atom stereocenters. The Morgan fingerprint density at radius 2 is 1.56 bits per heavy atom. The Morgan fingerprint density at radius 3 is 2.22 bits per heavy atom. The molecule has 0 radical (unpaired) electrons. The molecule has 18 heavy (non-hydrogen) atoms. The lowest BCUT2D eigenvalue weighted by molar-refractivity contribution is 1.53. The predicted octanol–water partition coefficient (Wildman–Crippen LogP) is 5.58. The van der Waals surface area contributed by atoms with Crippen LogP contribution < -0.4 is 11.1 Å². The lowest BCUT2D eigenvalue weighted by Crippen LogP contribution is -1.97. The lowest BCUT2D eigenvalue weighted by Gasteiger charge is -2.12. The molecular formula is C12H8Cl3IN2. The molecule has 0 aliphatic carbocycles. The lowest BCUT2D eigenvalue weighted by atomic mass is 10.2. The van der Waals surface area contributed by atoms with Crippen molar-refractivity contribution in [2.24, 2.45) is 0 Å². The van der Waals surface area contributed by atoms with Crippen molar-refractivity contribution in [3.05, 3.63) is 49.0 Å². The van der Waals surface area contributed by atoms with Crippen LogP contribution >= 0.6 is 57.4 Å². The van der Waals surface area contributed by atoms with E-state index in [0.717, 1.165) is 9.26 Å². The molecule has 0 saturated heterocycles. The number of nitrogen functional groups attached to an aromatic ring is 1. The molecule has 94 valence electrons. The van der Waals surface area contributed by atoms with Crippen molar-refractivity contribution in [3.63, 3.8) is 0 Å². The molecule has 0 bridgehead atoms. The zero-order valence-corrected chi connectivity index (χ0v) is 13.4. The van der Waals surface area contributed by atoms with Crippen molar-refractivity contribution in [2.45, 2.75) is 0 Å². The highest BCUT2D eigenvalue weighted by Gasteiger charge is 2.07. The summed E-state index contributed by atoms with van der Waals surface area (Å²) in [6.07, 6.45) is 0. The zero-order valence-electron chi connectivity index (χ0n) is 8.98. The molecule has 2 rings (SSSR count). The molecule has 0 unspecified atom stereocenters. The van der Waals surface area contributed by atoms with Crippen LogP contribution in [0.5, 0.6) is 0 Å². The van der Waals surface area contributed by atoms with E-state index in [2.05, 4.69) is 27.9 Å². The monoisotopic (exact) mass is 412 g/mol. The number of hydrogen-bond donors (Lipinski definition) is 2. The Bertz CT molecular complexity index is 602. The Labute approximate surface area is 134 Å². The number of anilines is 3. The van der Waals surface area contributed by atoms with E-state index in [4.69, 9.17) is 40.5 Å². The van der Waals surface area contributed by atoms with Crippen LogP contribution in [0, 0.1) is 3.57 Å². The van der Waals surface area contributed by atoms with Gasteiger partial charge in [0.15, 0.2) is 0 Å². The van der Waals surface area contributed by atoms with Gasteiger partial charge in [-0.15, -0.1) is 0 Å². The van der Waals surface area contributed by atoms with Gasteiger partial charge < -0.3 is 11.1 Å². The van der Waals surface area contributed by atoms with E-state index in [0.29, 0.717) is 26.4 Å². The van der Waals surface area contributed by atoms with Gasteiger partial charge in [0, 0.05) is 3.57 Å². The van der Waals surface area contributed by atoms with E-state index in [1.807, 2.05) is 18.2 Å². The smallest absolute Gasteiger partial charge is 0.0656 e. The van der Waals surface area contributed by atoms with Gasteiger partial charge in [-0.05, 0) is 52.9 Å². The zero-order chi connectivity index (χ0) is 13.3. The first-order valence-corrected chi connectivity index (χ1v) is 7.15. The third-order valence-corrected chi connectivity index (χ3v) is 4.00. The second kappa shape index (κ2) is 5.74. The Morgan fingerprint density at radius 1 is 0.889 bits per heavy atom. The van der Waals surface area contributed by atoms with Crippen LogP contribution in [0.25, 0.3) is 0 Å². The number of benzene rings is 2. The van der Waals surface area contributed by atoms with Gasteiger partial charge in [0.05, 0.1) is 32.1 Å². The van der Waals surface area contributed by atoms with Crippen molar-refractivity contribution in [2.75, 3.05) is 11.1 Å². The summed E-state index contributed by atoms with van der Waals surface area (Å²) < 4.78 is 1.07. The van der Waals surface area contributed by atoms with Gasteiger partial charge >= 0.3 is 0 Å². The predicted molar refractivity (Wildman–Crippen MR) is 88.3 cm³/mol. The average Bonchev–Trinajstić information content (AvgIpc) is 2.29. The van der Waals surface area contributed by atoms with Crippen LogP contribution in [-0.4, -0.2) is 0 Å². The molecule has 0 heterocycles. The van der Waals surface area contributed by atoms with Crippen LogP contribution in [0.2, 0.25) is 15.1 Å². The molecule has 0 fully saturated rings. The van der Waals surface area contributed by atoms with E-state index in [9.17, 15) is 0 Å². The van der Waals surface area contributed by atoms with E-state index >= 15 is 0 Å². The minimum atomic E-state index is 0.419. The number of nitrogens with one attached hydrogen (secondary N) is 1. The first kappa shape index (κ1) is 14.1. The maximum absolute atomic E-state index is 6.09. The van der Waals surface area contributed by atoms with Crippen LogP contribution in [-0.2, 0) is 0 Å². The maximum atomic E-state index is 6.09. The highest BCUT2D eigenvalue weighted by atomic mass is 127. The van der Waals surface area contributed by atoms with Crippen LogP contribution in [0.3, 0.4) is 0 Å². The first-order chi connectivity index (χ1) is 8.47. The third-order valence-electron chi connectivity index (χ3n) is 2.29. The molecule has 0 aliphatic heterocycles. The average molecular weight is 413 g/mol. The molecule has 2 aromatic rings. The Balaban J connectivity index is 2.37. The first-order valence-electron chi connectivity index (χ1n) is 4.94. The van der Waals surface area contributed by atoms with Gasteiger partial charge in [0.25, 0.3) is 0 Å². The maximum Gasteiger partial charge on any atom is 0.0656 e. The van der Waals surface area contributed by atoms with Crippen molar-refractivity contribution in [1.29, 1.82) is 0 Å². The molecule has 2 aromatic carbocycles. The summed E-state index contributed by atoms with van der Waals surface area (Å²) in [5.74, 6) is 0. The molecule has 0 aromatic heterocycles. The fourth-order valence-electron chi connectivity index (χ4n) is 1.41. The fourth-order valence-corrected chi connectivity index (χ4v) is 2.52. The molecule has 2 nitrogen and oxygen atoms in total. The minimum absolute atomic E-state index is 0.419. The molecular weight excluding hydrogens is 405 g/mol. The molecule has 0 saturated carbocycles. The Kier molecular flexibility index (Phi) is 4.48. The summed E-state index contributed by atoms with van der Waals surface area (Å²) >= 11 is 20.1. The molecule has 0 amide bonds. The van der Waals surface area contributed by atoms with Crippen LogP contribution in [0.1, 0.15) is 0 Å². The van der Waals surface area contributed by atoms with E-state index in [1.165, 1.54) is 0 Å². The van der Waals surface area contributed by atoms with E-state index in [-0.39, 0.29) is 0 Å². The number of nitrogens with two attached hydrogens (primary N) is 1. The van der Waals surface area contributed by atoms with Crippen molar-refractivity contribution >= 4 is 74.5 Å². The third kappa shape index (κ3) is 3.15. The van der Waals surface area contributed by atoms with Gasteiger partial charge in [-0.25, -0.2) is 0 Å². The standard InChI is InChI=1S/C12H8Cl3IN2/c13-7-4-9(15)12(5-8(7)14)18-11-2-1-6(16)3-10(11)17/h1-5,18H,17H2. The van der Waals surface area contributed by atoms with Gasteiger partial charge in [0.2, 0.25) is 0 Å². The quantitative estimate of drug-likeness (QED) is 0.383. The summed E-state index contributed by atoms with van der Waals surface area (Å²) in [5, 5.41) is 4.48. The van der Waals surface area contributed by atoms with E-state index in [1.54, 1.807) is 12.1 Å². The fraction of sp³-hybridized carbons (Fsp3) is 0. The van der Waals surface area contributed by atoms with Crippen molar-refractivity contribution < 1.29 is 0 Å². The van der Waals surface area contributed by atoms with Gasteiger partial charge in [0.1, 0.15) is 0 Å². The molecule has 6 heteroatoms. The van der Waals surface area contributed by atoms with Crippen LogP contribution in [0.15, 0.2) is 30.3 Å². The normalized spacial score (nSPS) is 10.4.